The van der Waals surface area contributed by atoms with Gasteiger partial charge in [-0.1, -0.05) is 17.7 Å². The van der Waals surface area contributed by atoms with Gasteiger partial charge in [-0.25, -0.2) is 4.68 Å². The van der Waals surface area contributed by atoms with Crippen molar-refractivity contribution >= 4 is 17.3 Å². The summed E-state index contributed by atoms with van der Waals surface area (Å²) in [5.74, 6) is 3.41. The van der Waals surface area contributed by atoms with Gasteiger partial charge in [-0.2, -0.15) is 5.10 Å². The average Bonchev–Trinajstić information content (AvgIpc) is 2.83. The Labute approximate surface area is 122 Å². The Morgan fingerprint density at radius 1 is 1.45 bits per heavy atom. The number of rotatable bonds is 4. The molecule has 3 saturated carbocycles. The van der Waals surface area contributed by atoms with E-state index >= 15 is 0 Å². The minimum Gasteiger partial charge on any atom is -0.379 e. The molecule has 3 aliphatic rings. The lowest BCUT2D eigenvalue weighted by molar-refractivity contribution is 0.456. The molecule has 0 saturated heterocycles. The second-order valence-electron chi connectivity index (χ2n) is 6.31. The van der Waals surface area contributed by atoms with Crippen molar-refractivity contribution in [3.63, 3.8) is 0 Å². The van der Waals surface area contributed by atoms with Crippen molar-refractivity contribution < 1.29 is 0 Å². The highest BCUT2D eigenvalue weighted by Gasteiger charge is 2.65. The summed E-state index contributed by atoms with van der Waals surface area (Å²) in [6, 6.07) is 0.509. The maximum absolute atomic E-state index is 12.0. The van der Waals surface area contributed by atoms with Crippen molar-refractivity contribution in [2.45, 2.75) is 31.8 Å². The molecule has 0 spiro atoms. The van der Waals surface area contributed by atoms with Gasteiger partial charge >= 0.3 is 0 Å². The fourth-order valence-corrected chi connectivity index (χ4v) is 4.72. The molecule has 1 aromatic rings. The van der Waals surface area contributed by atoms with Gasteiger partial charge in [0.15, 0.2) is 0 Å². The molecular weight excluding hydrogens is 274 g/mol. The number of hydrogen-bond acceptors (Lipinski definition) is 3. The van der Waals surface area contributed by atoms with Crippen molar-refractivity contribution in [2.75, 3.05) is 5.32 Å². The zero-order chi connectivity index (χ0) is 13.9. The highest BCUT2D eigenvalue weighted by atomic mass is 35.5. The van der Waals surface area contributed by atoms with Crippen LogP contribution in [0.4, 0.5) is 5.69 Å². The molecule has 0 amide bonds. The maximum Gasteiger partial charge on any atom is 0.287 e. The SMILES string of the molecule is C=CCn1ncc(NC2C3C4CCC(C4)C23)c(Cl)c1=O. The summed E-state index contributed by atoms with van der Waals surface area (Å²) in [5, 5.41) is 7.86. The van der Waals surface area contributed by atoms with E-state index in [2.05, 4.69) is 17.0 Å². The molecule has 106 valence electrons. The fraction of sp³-hybridized carbons (Fsp3) is 0.600. The second kappa shape index (κ2) is 4.35. The largest absolute Gasteiger partial charge is 0.379 e. The molecule has 0 aromatic carbocycles. The van der Waals surface area contributed by atoms with Crippen LogP contribution in [0.15, 0.2) is 23.6 Å². The first kappa shape index (κ1) is 12.5. The molecule has 4 nitrogen and oxygen atoms in total. The summed E-state index contributed by atoms with van der Waals surface area (Å²) in [6.07, 6.45) is 7.50. The van der Waals surface area contributed by atoms with Crippen molar-refractivity contribution in [1.29, 1.82) is 0 Å². The van der Waals surface area contributed by atoms with Gasteiger partial charge in [0.25, 0.3) is 5.56 Å². The lowest BCUT2D eigenvalue weighted by atomic mass is 10.0. The molecule has 2 bridgehead atoms. The van der Waals surface area contributed by atoms with Gasteiger partial charge in [0.2, 0.25) is 0 Å². The molecule has 1 aromatic heterocycles. The Hall–Kier alpha value is -1.29. The van der Waals surface area contributed by atoms with Crippen molar-refractivity contribution in [2.24, 2.45) is 23.7 Å². The Kier molecular flexibility index (Phi) is 2.71. The van der Waals surface area contributed by atoms with Crippen molar-refractivity contribution in [3.05, 3.63) is 34.2 Å². The van der Waals surface area contributed by atoms with Crippen molar-refractivity contribution in [3.8, 4) is 0 Å². The number of hydrogen-bond donors (Lipinski definition) is 1. The summed E-state index contributed by atoms with van der Waals surface area (Å²) in [6.45, 7) is 4.00. The van der Waals surface area contributed by atoms with Crippen LogP contribution < -0.4 is 10.9 Å². The molecule has 3 fully saturated rings. The normalized spacial score (nSPS) is 36.8. The number of allylic oxidation sites excluding steroid dienone is 1. The third kappa shape index (κ3) is 1.67. The van der Waals surface area contributed by atoms with Crippen LogP contribution in [-0.2, 0) is 6.54 Å². The van der Waals surface area contributed by atoms with E-state index in [0.29, 0.717) is 18.3 Å². The van der Waals surface area contributed by atoms with E-state index in [1.165, 1.54) is 23.9 Å². The number of halogens is 1. The fourth-order valence-electron chi connectivity index (χ4n) is 4.52. The van der Waals surface area contributed by atoms with Crippen LogP contribution in [0.2, 0.25) is 5.02 Å². The van der Waals surface area contributed by atoms with Gasteiger partial charge < -0.3 is 5.32 Å². The molecule has 3 aliphatic carbocycles. The summed E-state index contributed by atoms with van der Waals surface area (Å²) in [5.41, 5.74) is 0.445. The van der Waals surface area contributed by atoms with Crippen LogP contribution in [-0.4, -0.2) is 15.8 Å². The van der Waals surface area contributed by atoms with Crippen LogP contribution >= 0.6 is 11.6 Å². The lowest BCUT2D eigenvalue weighted by Gasteiger charge is -2.13. The van der Waals surface area contributed by atoms with Gasteiger partial charge in [-0.3, -0.25) is 4.79 Å². The topological polar surface area (TPSA) is 46.9 Å². The Morgan fingerprint density at radius 2 is 2.15 bits per heavy atom. The number of aromatic nitrogens is 2. The summed E-state index contributed by atoms with van der Waals surface area (Å²) in [7, 11) is 0. The Bertz CT molecular complexity index is 610. The van der Waals surface area contributed by atoms with Gasteiger partial charge in [-0.15, -0.1) is 6.58 Å². The highest BCUT2D eigenvalue weighted by Crippen LogP contribution is 2.66. The molecule has 5 heteroatoms. The molecule has 4 unspecified atom stereocenters. The zero-order valence-corrected chi connectivity index (χ0v) is 12.0. The number of anilines is 1. The van der Waals surface area contributed by atoms with Crippen LogP contribution in [0, 0.1) is 23.7 Å². The molecule has 20 heavy (non-hydrogen) atoms. The molecule has 4 rings (SSSR count). The monoisotopic (exact) mass is 291 g/mol. The van der Waals surface area contributed by atoms with Crippen molar-refractivity contribution in [1.82, 2.24) is 9.78 Å². The van der Waals surface area contributed by atoms with Crippen LogP contribution in [0.3, 0.4) is 0 Å². The van der Waals surface area contributed by atoms with Crippen LogP contribution in [0.1, 0.15) is 19.3 Å². The minimum absolute atomic E-state index is 0.245. The smallest absolute Gasteiger partial charge is 0.287 e. The van der Waals surface area contributed by atoms with E-state index in [0.717, 1.165) is 23.7 Å². The van der Waals surface area contributed by atoms with Crippen LogP contribution in [0.25, 0.3) is 0 Å². The van der Waals surface area contributed by atoms with E-state index in [9.17, 15) is 4.79 Å². The van der Waals surface area contributed by atoms with Gasteiger partial charge in [0, 0.05) is 6.04 Å². The quantitative estimate of drug-likeness (QED) is 0.867. The van der Waals surface area contributed by atoms with E-state index in [-0.39, 0.29) is 10.6 Å². The molecule has 0 aliphatic heterocycles. The number of nitrogens with one attached hydrogen (secondary N) is 1. The number of fused-ring (bicyclic) bond motifs is 5. The molecule has 1 heterocycles. The minimum atomic E-state index is -0.245. The molecular formula is C15H18ClN3O. The lowest BCUT2D eigenvalue weighted by Crippen LogP contribution is -2.24. The summed E-state index contributed by atoms with van der Waals surface area (Å²) < 4.78 is 1.33. The average molecular weight is 292 g/mol. The highest BCUT2D eigenvalue weighted by molar-refractivity contribution is 6.32. The molecule has 0 radical (unpaired) electrons. The Balaban J connectivity index is 1.54. The Morgan fingerprint density at radius 3 is 2.80 bits per heavy atom. The summed E-state index contributed by atoms with van der Waals surface area (Å²) in [4.78, 5) is 12.0. The second-order valence-corrected chi connectivity index (χ2v) is 6.68. The van der Waals surface area contributed by atoms with Gasteiger partial charge in [0.1, 0.15) is 5.02 Å². The third-order valence-corrected chi connectivity index (χ3v) is 5.71. The summed E-state index contributed by atoms with van der Waals surface area (Å²) >= 11 is 6.18. The van der Waals surface area contributed by atoms with Crippen LogP contribution in [0.5, 0.6) is 0 Å². The number of nitrogens with zero attached hydrogens (tertiary/aromatic N) is 2. The van der Waals surface area contributed by atoms with E-state index < -0.39 is 0 Å². The van der Waals surface area contributed by atoms with E-state index in [4.69, 9.17) is 11.6 Å². The van der Waals surface area contributed by atoms with Gasteiger partial charge in [0.05, 0.1) is 18.4 Å². The van der Waals surface area contributed by atoms with Gasteiger partial charge in [-0.05, 0) is 42.9 Å². The first-order chi connectivity index (χ1) is 9.70. The third-order valence-electron chi connectivity index (χ3n) is 5.34. The molecule has 4 atom stereocenters. The maximum atomic E-state index is 12.0. The standard InChI is InChI=1S/C15H18ClN3O/c1-2-5-19-15(20)13(16)10(7-17-19)18-14-11-8-3-4-9(6-8)12(11)14/h2,7-9,11-12,14,18H,1,3-6H2. The first-order valence-electron chi connectivity index (χ1n) is 7.33. The molecule has 1 N–H and O–H groups in total. The predicted octanol–water partition coefficient (Wildman–Crippen LogP) is 2.54. The predicted molar refractivity (Wildman–Crippen MR) is 78.9 cm³/mol. The van der Waals surface area contributed by atoms with E-state index in [1.807, 2.05) is 0 Å². The first-order valence-corrected chi connectivity index (χ1v) is 7.71. The zero-order valence-electron chi connectivity index (χ0n) is 11.3. The van der Waals surface area contributed by atoms with E-state index in [1.54, 1.807) is 12.3 Å².